The van der Waals surface area contributed by atoms with Crippen molar-refractivity contribution in [3.8, 4) is 10.6 Å². The monoisotopic (exact) mass is 359 g/mol. The van der Waals surface area contributed by atoms with Crippen LogP contribution in [0.25, 0.3) is 10.6 Å². The third-order valence-electron chi connectivity index (χ3n) is 4.55. The van der Waals surface area contributed by atoms with Gasteiger partial charge in [0.15, 0.2) is 0 Å². The average molecular weight is 359 g/mol. The Hall–Kier alpha value is -2.28. The zero-order valence-electron chi connectivity index (χ0n) is 13.6. The van der Waals surface area contributed by atoms with E-state index >= 15 is 0 Å². The average Bonchev–Trinajstić information content (AvgIpc) is 3.12. The van der Waals surface area contributed by atoms with Gasteiger partial charge in [0.25, 0.3) is 5.91 Å². The fraction of sp³-hybridized carbons (Fsp3) is 0.389. The third-order valence-corrected chi connectivity index (χ3v) is 5.45. The second-order valence-corrected chi connectivity index (χ2v) is 7.34. The van der Waals surface area contributed by atoms with E-state index in [2.05, 4.69) is 10.3 Å². The molecule has 1 saturated carbocycles. The Labute approximate surface area is 148 Å². The molecule has 1 aliphatic carbocycles. The van der Waals surface area contributed by atoms with Gasteiger partial charge in [-0.1, -0.05) is 0 Å². The van der Waals surface area contributed by atoms with E-state index in [0.717, 1.165) is 24.8 Å². The zero-order chi connectivity index (χ0) is 17.4. The van der Waals surface area contributed by atoms with Crippen molar-refractivity contribution in [3.63, 3.8) is 0 Å². The molecule has 1 unspecified atom stereocenters. The number of rotatable bonds is 4. The highest BCUT2D eigenvalue weighted by atomic mass is 32.1. The Bertz CT molecular complexity index is 801. The van der Waals surface area contributed by atoms with Gasteiger partial charge in [-0.15, -0.1) is 11.3 Å². The van der Waals surface area contributed by atoms with Crippen molar-refractivity contribution in [2.75, 3.05) is 6.54 Å². The second-order valence-electron chi connectivity index (χ2n) is 6.48. The van der Waals surface area contributed by atoms with E-state index in [9.17, 15) is 14.0 Å². The van der Waals surface area contributed by atoms with Crippen LogP contribution in [0.3, 0.4) is 0 Å². The van der Waals surface area contributed by atoms with Crippen molar-refractivity contribution < 1.29 is 14.0 Å². The van der Waals surface area contributed by atoms with Crippen molar-refractivity contribution >= 4 is 23.2 Å². The Morgan fingerprint density at radius 1 is 1.20 bits per heavy atom. The number of carbonyl (C=O) groups excluding carboxylic acids is 2. The first-order chi connectivity index (χ1) is 12.1. The minimum atomic E-state index is -0.399. The lowest BCUT2D eigenvalue weighted by Crippen LogP contribution is -2.46. The first-order valence-electron chi connectivity index (χ1n) is 8.44. The Morgan fingerprint density at radius 3 is 2.68 bits per heavy atom. The predicted molar refractivity (Wildman–Crippen MR) is 92.7 cm³/mol. The maximum atomic E-state index is 13.0. The van der Waals surface area contributed by atoms with Gasteiger partial charge in [0.1, 0.15) is 22.6 Å². The van der Waals surface area contributed by atoms with Crippen LogP contribution in [0.1, 0.15) is 36.2 Å². The number of thiazole rings is 1. The van der Waals surface area contributed by atoms with Crippen LogP contribution < -0.4 is 5.32 Å². The van der Waals surface area contributed by atoms with Crippen LogP contribution in [0.4, 0.5) is 4.39 Å². The molecule has 2 aromatic rings. The van der Waals surface area contributed by atoms with Crippen LogP contribution in [0.15, 0.2) is 29.6 Å². The lowest BCUT2D eigenvalue weighted by atomic mass is 10.2. The summed E-state index contributed by atoms with van der Waals surface area (Å²) in [5.74, 6) is -0.571. The second kappa shape index (κ2) is 6.55. The molecule has 4 rings (SSSR count). The number of hydrogen-bond donors (Lipinski definition) is 1. The number of halogens is 1. The zero-order valence-corrected chi connectivity index (χ0v) is 14.4. The highest BCUT2D eigenvalue weighted by Gasteiger charge is 2.37. The topological polar surface area (TPSA) is 62.3 Å². The molecule has 1 aromatic heterocycles. The van der Waals surface area contributed by atoms with E-state index in [1.165, 1.54) is 23.5 Å². The number of likely N-dealkylation sites (tertiary alicyclic amines) is 1. The first-order valence-corrected chi connectivity index (χ1v) is 9.32. The van der Waals surface area contributed by atoms with Crippen LogP contribution in [0.5, 0.6) is 0 Å². The molecule has 5 nitrogen and oxygen atoms in total. The normalized spacial score (nSPS) is 19.9. The van der Waals surface area contributed by atoms with Gasteiger partial charge in [0.05, 0.1) is 0 Å². The Balaban J connectivity index is 1.50. The Kier molecular flexibility index (Phi) is 4.25. The molecule has 0 bridgehead atoms. The molecular formula is C18H18FN3O2S. The van der Waals surface area contributed by atoms with Crippen LogP contribution in [-0.4, -0.2) is 40.3 Å². The number of amides is 2. The number of hydrogen-bond acceptors (Lipinski definition) is 4. The predicted octanol–water partition coefficient (Wildman–Crippen LogP) is 2.83. The molecule has 2 amide bonds. The summed E-state index contributed by atoms with van der Waals surface area (Å²) in [7, 11) is 0. The quantitative estimate of drug-likeness (QED) is 0.913. The van der Waals surface area contributed by atoms with Gasteiger partial charge in [-0.25, -0.2) is 9.37 Å². The highest BCUT2D eigenvalue weighted by molar-refractivity contribution is 7.13. The van der Waals surface area contributed by atoms with E-state index in [0.29, 0.717) is 23.7 Å². The lowest BCUT2D eigenvalue weighted by Gasteiger charge is -2.23. The van der Waals surface area contributed by atoms with Gasteiger partial charge in [-0.05, 0) is 49.9 Å². The molecule has 2 heterocycles. The number of carbonyl (C=O) groups is 2. The summed E-state index contributed by atoms with van der Waals surface area (Å²) in [6.45, 7) is 0.574. The van der Waals surface area contributed by atoms with Gasteiger partial charge in [-0.3, -0.25) is 9.59 Å². The van der Waals surface area contributed by atoms with Crippen molar-refractivity contribution in [2.24, 2.45) is 0 Å². The van der Waals surface area contributed by atoms with Crippen LogP contribution in [0.2, 0.25) is 0 Å². The molecule has 2 aliphatic rings. The molecule has 1 aliphatic heterocycles. The van der Waals surface area contributed by atoms with E-state index in [1.807, 2.05) is 0 Å². The molecule has 7 heteroatoms. The lowest BCUT2D eigenvalue weighted by molar-refractivity contribution is -0.125. The SMILES string of the molecule is O=C(NC1CC1)C1CCCN1C(=O)c1csc(-c2ccc(F)cc2)n1. The first kappa shape index (κ1) is 16.2. The van der Waals surface area contributed by atoms with Gasteiger partial charge < -0.3 is 10.2 Å². The van der Waals surface area contributed by atoms with Gasteiger partial charge >= 0.3 is 0 Å². The molecule has 2 fully saturated rings. The maximum Gasteiger partial charge on any atom is 0.274 e. The van der Waals surface area contributed by atoms with Gasteiger partial charge in [0, 0.05) is 23.5 Å². The van der Waals surface area contributed by atoms with E-state index in [4.69, 9.17) is 0 Å². The minimum absolute atomic E-state index is 0.0534. The van der Waals surface area contributed by atoms with Crippen molar-refractivity contribution in [1.29, 1.82) is 0 Å². The minimum Gasteiger partial charge on any atom is -0.352 e. The summed E-state index contributed by atoms with van der Waals surface area (Å²) in [5.41, 5.74) is 1.12. The maximum absolute atomic E-state index is 13.0. The number of aromatic nitrogens is 1. The molecule has 1 N–H and O–H groups in total. The van der Waals surface area contributed by atoms with Gasteiger partial charge in [-0.2, -0.15) is 0 Å². The number of benzene rings is 1. The molecule has 1 saturated heterocycles. The van der Waals surface area contributed by atoms with Crippen LogP contribution in [0, 0.1) is 5.82 Å². The molecule has 130 valence electrons. The fourth-order valence-electron chi connectivity index (χ4n) is 3.05. The summed E-state index contributed by atoms with van der Waals surface area (Å²) in [6.07, 6.45) is 3.57. The van der Waals surface area contributed by atoms with E-state index < -0.39 is 6.04 Å². The molecule has 1 atom stereocenters. The smallest absolute Gasteiger partial charge is 0.274 e. The summed E-state index contributed by atoms with van der Waals surface area (Å²) in [5, 5.41) is 5.35. The van der Waals surface area contributed by atoms with Gasteiger partial charge in [0.2, 0.25) is 5.91 Å². The molecule has 0 spiro atoms. The van der Waals surface area contributed by atoms with E-state index in [1.54, 1.807) is 22.4 Å². The molecule has 1 aromatic carbocycles. The van der Waals surface area contributed by atoms with Crippen molar-refractivity contribution in [1.82, 2.24) is 15.2 Å². The summed E-state index contributed by atoms with van der Waals surface area (Å²) in [6, 6.07) is 5.92. The standard InChI is InChI=1S/C18H18FN3O2S/c19-12-5-3-11(4-6-12)17-21-14(10-25-17)18(24)22-9-1-2-15(22)16(23)20-13-7-8-13/h3-6,10,13,15H,1-2,7-9H2,(H,20,23). The van der Waals surface area contributed by atoms with Crippen molar-refractivity contribution in [3.05, 3.63) is 41.2 Å². The van der Waals surface area contributed by atoms with E-state index in [-0.39, 0.29) is 23.7 Å². The number of nitrogens with zero attached hydrogens (tertiary/aromatic N) is 2. The number of nitrogens with one attached hydrogen (secondary N) is 1. The Morgan fingerprint density at radius 2 is 1.96 bits per heavy atom. The fourth-order valence-corrected chi connectivity index (χ4v) is 3.85. The largest absolute Gasteiger partial charge is 0.352 e. The molecular weight excluding hydrogens is 341 g/mol. The van der Waals surface area contributed by atoms with Crippen molar-refractivity contribution in [2.45, 2.75) is 37.8 Å². The molecule has 25 heavy (non-hydrogen) atoms. The summed E-state index contributed by atoms with van der Waals surface area (Å²) in [4.78, 5) is 31.2. The third kappa shape index (κ3) is 3.42. The highest BCUT2D eigenvalue weighted by Crippen LogP contribution is 2.27. The summed E-state index contributed by atoms with van der Waals surface area (Å²) < 4.78 is 13.0. The summed E-state index contributed by atoms with van der Waals surface area (Å²) >= 11 is 1.34. The molecule has 0 radical (unpaired) electrons. The van der Waals surface area contributed by atoms with Crippen LogP contribution in [-0.2, 0) is 4.79 Å². The van der Waals surface area contributed by atoms with Crippen LogP contribution >= 0.6 is 11.3 Å².